The van der Waals surface area contributed by atoms with E-state index in [1.54, 1.807) is 6.20 Å². The Morgan fingerprint density at radius 1 is 1.44 bits per heavy atom. The van der Waals surface area contributed by atoms with E-state index in [4.69, 9.17) is 16.3 Å². The minimum atomic E-state index is 0.470. The van der Waals surface area contributed by atoms with Crippen molar-refractivity contribution in [2.24, 2.45) is 0 Å². The molecule has 1 aromatic rings. The fraction of sp³-hybridized carbons (Fsp3) is 0.545. The van der Waals surface area contributed by atoms with Crippen molar-refractivity contribution in [2.45, 2.75) is 25.3 Å². The van der Waals surface area contributed by atoms with Crippen LogP contribution in [0.25, 0.3) is 0 Å². The van der Waals surface area contributed by atoms with Gasteiger partial charge in [-0.05, 0) is 41.3 Å². The predicted octanol–water partition coefficient (Wildman–Crippen LogP) is 3.48. The quantitative estimate of drug-likeness (QED) is 0.850. The molecule has 1 saturated heterocycles. The number of hydrogen-bond acceptors (Lipinski definition) is 3. The zero-order valence-corrected chi connectivity index (χ0v) is 11.2. The van der Waals surface area contributed by atoms with Crippen LogP contribution in [0, 0.1) is 0 Å². The number of hydrogen-bond donors (Lipinski definition) is 1. The second-order valence-corrected chi connectivity index (χ2v) is 5.09. The van der Waals surface area contributed by atoms with Crippen LogP contribution in [0.5, 0.6) is 0 Å². The van der Waals surface area contributed by atoms with Crippen molar-refractivity contribution in [1.29, 1.82) is 0 Å². The normalized spacial score (nSPS) is 21.5. The van der Waals surface area contributed by atoms with Gasteiger partial charge in [0, 0.05) is 19.3 Å². The molecule has 1 unspecified atom stereocenters. The average molecular weight is 306 g/mol. The first-order valence-electron chi connectivity index (χ1n) is 5.41. The standard InChI is InChI=1S/C11H14BrClN2O/c12-10-6-9(7-14-11(10)13)15-8-2-1-4-16-5-3-8/h6-8,15H,1-5H2. The molecular formula is C11H14BrClN2O. The lowest BCUT2D eigenvalue weighted by atomic mass is 10.1. The highest BCUT2D eigenvalue weighted by atomic mass is 79.9. The first-order valence-corrected chi connectivity index (χ1v) is 6.58. The van der Waals surface area contributed by atoms with Crippen LogP contribution in [-0.4, -0.2) is 24.2 Å². The molecule has 1 N–H and O–H groups in total. The fourth-order valence-electron chi connectivity index (χ4n) is 1.78. The van der Waals surface area contributed by atoms with Gasteiger partial charge in [0.2, 0.25) is 0 Å². The molecule has 5 heteroatoms. The van der Waals surface area contributed by atoms with Gasteiger partial charge in [-0.25, -0.2) is 4.98 Å². The molecule has 2 heterocycles. The number of aromatic nitrogens is 1. The number of ether oxygens (including phenoxy) is 1. The first-order chi connectivity index (χ1) is 7.75. The fourth-order valence-corrected chi connectivity index (χ4v) is 2.24. The number of pyridine rings is 1. The van der Waals surface area contributed by atoms with Crippen LogP contribution in [0.1, 0.15) is 19.3 Å². The van der Waals surface area contributed by atoms with Crippen LogP contribution in [0.4, 0.5) is 5.69 Å². The monoisotopic (exact) mass is 304 g/mol. The Labute approximate surface area is 109 Å². The van der Waals surface area contributed by atoms with Gasteiger partial charge in [0.05, 0.1) is 16.4 Å². The van der Waals surface area contributed by atoms with Gasteiger partial charge >= 0.3 is 0 Å². The highest BCUT2D eigenvalue weighted by Crippen LogP contribution is 2.24. The molecule has 1 aliphatic rings. The number of nitrogens with zero attached hydrogens (tertiary/aromatic N) is 1. The minimum absolute atomic E-state index is 0.470. The van der Waals surface area contributed by atoms with Gasteiger partial charge in [0.25, 0.3) is 0 Å². The molecule has 0 aliphatic carbocycles. The predicted molar refractivity (Wildman–Crippen MR) is 69.0 cm³/mol. The summed E-state index contributed by atoms with van der Waals surface area (Å²) in [7, 11) is 0. The minimum Gasteiger partial charge on any atom is -0.381 e. The molecule has 0 amide bonds. The third-order valence-electron chi connectivity index (χ3n) is 2.62. The summed E-state index contributed by atoms with van der Waals surface area (Å²) in [5.41, 5.74) is 1.00. The molecule has 1 atom stereocenters. The molecule has 0 bridgehead atoms. The third kappa shape index (κ3) is 3.34. The van der Waals surface area contributed by atoms with Crippen LogP contribution in [0.3, 0.4) is 0 Å². The summed E-state index contributed by atoms with van der Waals surface area (Å²) in [5, 5.41) is 3.95. The average Bonchev–Trinajstić information content (AvgIpc) is 2.52. The van der Waals surface area contributed by atoms with E-state index in [2.05, 4.69) is 26.2 Å². The van der Waals surface area contributed by atoms with Crippen molar-refractivity contribution in [3.63, 3.8) is 0 Å². The SMILES string of the molecule is Clc1ncc(NC2CCCOCC2)cc1Br. The van der Waals surface area contributed by atoms with E-state index in [0.29, 0.717) is 11.2 Å². The van der Waals surface area contributed by atoms with E-state index in [1.807, 2.05) is 6.07 Å². The highest BCUT2D eigenvalue weighted by Gasteiger charge is 2.12. The van der Waals surface area contributed by atoms with Crippen LogP contribution in [0.2, 0.25) is 5.15 Å². The number of nitrogens with one attached hydrogen (secondary N) is 1. The summed E-state index contributed by atoms with van der Waals surface area (Å²) in [6, 6.07) is 2.43. The van der Waals surface area contributed by atoms with E-state index in [1.165, 1.54) is 0 Å². The molecule has 16 heavy (non-hydrogen) atoms. The maximum Gasteiger partial charge on any atom is 0.143 e. The van der Waals surface area contributed by atoms with E-state index in [9.17, 15) is 0 Å². The molecule has 0 spiro atoms. The van der Waals surface area contributed by atoms with Gasteiger partial charge < -0.3 is 10.1 Å². The van der Waals surface area contributed by atoms with Gasteiger partial charge in [0.1, 0.15) is 5.15 Å². The van der Waals surface area contributed by atoms with Crippen molar-refractivity contribution in [3.05, 3.63) is 21.9 Å². The molecule has 2 rings (SSSR count). The van der Waals surface area contributed by atoms with Gasteiger partial charge in [-0.3, -0.25) is 0 Å². The lowest BCUT2D eigenvalue weighted by molar-refractivity contribution is 0.144. The Morgan fingerprint density at radius 2 is 2.31 bits per heavy atom. The van der Waals surface area contributed by atoms with Crippen molar-refractivity contribution < 1.29 is 4.74 Å². The molecule has 88 valence electrons. The molecular weight excluding hydrogens is 291 g/mol. The third-order valence-corrected chi connectivity index (χ3v) is 3.75. The van der Waals surface area contributed by atoms with Crippen molar-refractivity contribution >= 4 is 33.2 Å². The van der Waals surface area contributed by atoms with E-state index in [0.717, 1.165) is 42.6 Å². The molecule has 0 saturated carbocycles. The Balaban J connectivity index is 1.99. The zero-order chi connectivity index (χ0) is 11.4. The summed E-state index contributed by atoms with van der Waals surface area (Å²) in [6.45, 7) is 1.71. The summed E-state index contributed by atoms with van der Waals surface area (Å²) < 4.78 is 6.24. The number of anilines is 1. The molecule has 3 nitrogen and oxygen atoms in total. The van der Waals surface area contributed by atoms with Crippen LogP contribution >= 0.6 is 27.5 Å². The molecule has 1 fully saturated rings. The van der Waals surface area contributed by atoms with Crippen LogP contribution in [0.15, 0.2) is 16.7 Å². The lowest BCUT2D eigenvalue weighted by Gasteiger charge is -2.16. The van der Waals surface area contributed by atoms with Crippen molar-refractivity contribution in [1.82, 2.24) is 4.98 Å². The maximum atomic E-state index is 5.84. The smallest absolute Gasteiger partial charge is 0.143 e. The Bertz CT molecular complexity index is 354. The van der Waals surface area contributed by atoms with Gasteiger partial charge in [0.15, 0.2) is 0 Å². The van der Waals surface area contributed by atoms with Gasteiger partial charge in [-0.2, -0.15) is 0 Å². The zero-order valence-electron chi connectivity index (χ0n) is 8.88. The van der Waals surface area contributed by atoms with E-state index in [-0.39, 0.29) is 0 Å². The lowest BCUT2D eigenvalue weighted by Crippen LogP contribution is -2.19. The van der Waals surface area contributed by atoms with E-state index >= 15 is 0 Å². The Kier molecular flexibility index (Phi) is 4.44. The summed E-state index contributed by atoms with van der Waals surface area (Å²) in [5.74, 6) is 0. The topological polar surface area (TPSA) is 34.2 Å². The highest BCUT2D eigenvalue weighted by molar-refractivity contribution is 9.10. The second kappa shape index (κ2) is 5.84. The Hall–Kier alpha value is -0.320. The van der Waals surface area contributed by atoms with Gasteiger partial charge in [-0.15, -0.1) is 0 Å². The summed E-state index contributed by atoms with van der Waals surface area (Å²) in [6.07, 6.45) is 5.05. The summed E-state index contributed by atoms with van der Waals surface area (Å²) >= 11 is 9.21. The second-order valence-electron chi connectivity index (χ2n) is 3.88. The first kappa shape index (κ1) is 12.1. The number of rotatable bonds is 2. The summed E-state index contributed by atoms with van der Waals surface area (Å²) in [4.78, 5) is 4.09. The molecule has 0 aromatic carbocycles. The van der Waals surface area contributed by atoms with Crippen LogP contribution in [-0.2, 0) is 4.74 Å². The van der Waals surface area contributed by atoms with Crippen molar-refractivity contribution in [3.8, 4) is 0 Å². The number of halogens is 2. The maximum absolute atomic E-state index is 5.84. The Morgan fingerprint density at radius 3 is 3.12 bits per heavy atom. The molecule has 0 radical (unpaired) electrons. The van der Waals surface area contributed by atoms with Gasteiger partial charge in [-0.1, -0.05) is 11.6 Å². The molecule has 1 aliphatic heterocycles. The largest absolute Gasteiger partial charge is 0.381 e. The van der Waals surface area contributed by atoms with E-state index < -0.39 is 0 Å². The van der Waals surface area contributed by atoms with Crippen molar-refractivity contribution in [2.75, 3.05) is 18.5 Å². The van der Waals surface area contributed by atoms with Crippen LogP contribution < -0.4 is 5.32 Å². The molecule has 1 aromatic heterocycles.